The van der Waals surface area contributed by atoms with Gasteiger partial charge in [0.05, 0.1) is 4.47 Å². The molecule has 0 atom stereocenters. The van der Waals surface area contributed by atoms with Crippen LogP contribution < -0.4 is 0 Å². The molecule has 66 valence electrons. The van der Waals surface area contributed by atoms with Gasteiger partial charge in [0, 0.05) is 5.56 Å². The third-order valence-electron chi connectivity index (χ3n) is 1.43. The highest BCUT2D eigenvalue weighted by molar-refractivity contribution is 9.10. The van der Waals surface area contributed by atoms with Gasteiger partial charge in [-0.3, -0.25) is 0 Å². The molecule has 5 heteroatoms. The molecule has 1 aromatic rings. The molecule has 0 aromatic heterocycles. The van der Waals surface area contributed by atoms with Gasteiger partial charge in [-0.2, -0.15) is 0 Å². The second kappa shape index (κ2) is 3.05. The Morgan fingerprint density at radius 3 is 1.83 bits per heavy atom. The third kappa shape index (κ3) is 1.22. The lowest BCUT2D eigenvalue weighted by atomic mass is 10.2. The average molecular weight is 243 g/mol. The van der Waals surface area contributed by atoms with Crippen LogP contribution in [0.3, 0.4) is 0 Å². The molecule has 0 radical (unpaired) electrons. The maximum Gasteiger partial charge on any atom is 0.196 e. The van der Waals surface area contributed by atoms with Crippen LogP contribution in [0.1, 0.15) is 5.56 Å². The lowest BCUT2D eigenvalue weighted by Crippen LogP contribution is -2.00. The monoisotopic (exact) mass is 242 g/mol. The second-order valence-corrected chi connectivity index (χ2v) is 2.99. The van der Waals surface area contributed by atoms with Crippen molar-refractivity contribution < 1.29 is 17.6 Å². The van der Waals surface area contributed by atoms with Crippen molar-refractivity contribution in [2.45, 2.75) is 6.92 Å². The highest BCUT2D eigenvalue weighted by Gasteiger charge is 2.20. The van der Waals surface area contributed by atoms with Gasteiger partial charge >= 0.3 is 0 Å². The van der Waals surface area contributed by atoms with Gasteiger partial charge in [0.2, 0.25) is 0 Å². The molecule has 12 heavy (non-hydrogen) atoms. The minimum Gasteiger partial charge on any atom is -0.205 e. The number of benzene rings is 1. The van der Waals surface area contributed by atoms with Crippen LogP contribution in [0.4, 0.5) is 17.6 Å². The highest BCUT2D eigenvalue weighted by Crippen LogP contribution is 2.27. The van der Waals surface area contributed by atoms with E-state index in [9.17, 15) is 17.6 Å². The summed E-state index contributed by atoms with van der Waals surface area (Å²) in [6, 6.07) is 0. The lowest BCUT2D eigenvalue weighted by Gasteiger charge is -2.03. The lowest BCUT2D eigenvalue weighted by molar-refractivity contribution is 0.424. The van der Waals surface area contributed by atoms with Crippen LogP contribution >= 0.6 is 15.9 Å². The van der Waals surface area contributed by atoms with Gasteiger partial charge in [-0.1, -0.05) is 0 Å². The van der Waals surface area contributed by atoms with E-state index in [0.717, 1.165) is 6.92 Å². The number of rotatable bonds is 0. The molecule has 1 aromatic carbocycles. The molecule has 0 nitrogen and oxygen atoms in total. The van der Waals surface area contributed by atoms with Crippen LogP contribution in [-0.4, -0.2) is 0 Å². The fourth-order valence-electron chi connectivity index (χ4n) is 0.715. The van der Waals surface area contributed by atoms with Gasteiger partial charge in [0.15, 0.2) is 17.5 Å². The molecule has 1 rings (SSSR count). The normalized spacial score (nSPS) is 10.5. The summed E-state index contributed by atoms with van der Waals surface area (Å²) in [6.07, 6.45) is 0. The maximum absolute atomic E-state index is 12.7. The molecule has 0 bridgehead atoms. The largest absolute Gasteiger partial charge is 0.205 e. The Bertz CT molecular complexity index is 230. The summed E-state index contributed by atoms with van der Waals surface area (Å²) in [5.74, 6) is -5.82. The van der Waals surface area contributed by atoms with Crippen molar-refractivity contribution in [2.75, 3.05) is 0 Å². The van der Waals surface area contributed by atoms with E-state index in [0.29, 0.717) is 0 Å². The van der Waals surface area contributed by atoms with E-state index < -0.39 is 33.3 Å². The number of halogens is 5. The predicted octanol–water partition coefficient (Wildman–Crippen LogP) is 3.31. The van der Waals surface area contributed by atoms with E-state index in [1.807, 2.05) is 0 Å². The van der Waals surface area contributed by atoms with Crippen LogP contribution in [0, 0.1) is 30.2 Å². The molecule has 0 N–H and O–H groups in total. The third-order valence-corrected chi connectivity index (χ3v) is 2.13. The summed E-state index contributed by atoms with van der Waals surface area (Å²) >= 11 is 2.46. The van der Waals surface area contributed by atoms with Gasteiger partial charge in [0.1, 0.15) is 5.82 Å². The summed E-state index contributed by atoms with van der Waals surface area (Å²) < 4.78 is 49.6. The minimum absolute atomic E-state index is 0.541. The summed E-state index contributed by atoms with van der Waals surface area (Å²) in [6.45, 7) is 1.03. The zero-order chi connectivity index (χ0) is 9.46. The van der Waals surface area contributed by atoms with Crippen molar-refractivity contribution in [3.05, 3.63) is 33.3 Å². The molecule has 0 fully saturated rings. The highest BCUT2D eigenvalue weighted by atomic mass is 79.9. The Kier molecular flexibility index (Phi) is 2.41. The quantitative estimate of drug-likeness (QED) is 0.372. The Morgan fingerprint density at radius 2 is 1.33 bits per heavy atom. The average Bonchev–Trinajstić information content (AvgIpc) is 2.08. The van der Waals surface area contributed by atoms with Crippen LogP contribution in [0.5, 0.6) is 0 Å². The summed E-state index contributed by atoms with van der Waals surface area (Å²) in [5, 5.41) is 0. The molecule has 0 unspecified atom stereocenters. The molecule has 0 spiro atoms. The van der Waals surface area contributed by atoms with Crippen LogP contribution in [0.2, 0.25) is 0 Å². The van der Waals surface area contributed by atoms with E-state index >= 15 is 0 Å². The molecular weight excluding hydrogens is 240 g/mol. The van der Waals surface area contributed by atoms with Gasteiger partial charge < -0.3 is 0 Å². The van der Waals surface area contributed by atoms with Crippen molar-refractivity contribution in [3.63, 3.8) is 0 Å². The maximum atomic E-state index is 12.7. The Labute approximate surface area is 74.3 Å². The molecule has 0 amide bonds. The minimum atomic E-state index is -1.67. The van der Waals surface area contributed by atoms with Gasteiger partial charge in [-0.25, -0.2) is 17.6 Å². The molecule has 0 saturated heterocycles. The molecule has 0 aliphatic heterocycles. The van der Waals surface area contributed by atoms with E-state index in [1.54, 1.807) is 0 Å². The second-order valence-electron chi connectivity index (χ2n) is 2.19. The van der Waals surface area contributed by atoms with E-state index in [2.05, 4.69) is 15.9 Å². The first-order valence-corrected chi connectivity index (χ1v) is 3.74. The summed E-state index contributed by atoms with van der Waals surface area (Å²) in [5.41, 5.74) is -0.541. The van der Waals surface area contributed by atoms with Gasteiger partial charge in [-0.05, 0) is 22.9 Å². The first-order valence-electron chi connectivity index (χ1n) is 2.94. The molecule has 0 saturated carbocycles. The Balaban J connectivity index is 3.60. The zero-order valence-corrected chi connectivity index (χ0v) is 7.48. The fourth-order valence-corrected chi connectivity index (χ4v) is 1.19. The first-order chi connectivity index (χ1) is 5.46. The Hall–Kier alpha value is -0.580. The predicted molar refractivity (Wildman–Crippen MR) is 38.7 cm³/mol. The van der Waals surface area contributed by atoms with Crippen LogP contribution in [-0.2, 0) is 0 Å². The molecule has 0 aliphatic carbocycles. The summed E-state index contributed by atoms with van der Waals surface area (Å²) in [4.78, 5) is 0. The van der Waals surface area contributed by atoms with Crippen molar-refractivity contribution in [2.24, 2.45) is 0 Å². The van der Waals surface area contributed by atoms with Crippen LogP contribution in [0.15, 0.2) is 4.47 Å². The summed E-state index contributed by atoms with van der Waals surface area (Å²) in [7, 11) is 0. The van der Waals surface area contributed by atoms with E-state index in [-0.39, 0.29) is 0 Å². The topological polar surface area (TPSA) is 0 Å². The van der Waals surface area contributed by atoms with Gasteiger partial charge in [-0.15, -0.1) is 0 Å². The fraction of sp³-hybridized carbons (Fsp3) is 0.143. The van der Waals surface area contributed by atoms with Crippen molar-refractivity contribution >= 4 is 15.9 Å². The van der Waals surface area contributed by atoms with E-state index in [4.69, 9.17) is 0 Å². The SMILES string of the molecule is Cc1c(F)c(F)c(F)c(Br)c1F. The van der Waals surface area contributed by atoms with Crippen molar-refractivity contribution in [1.29, 1.82) is 0 Å². The first kappa shape index (κ1) is 9.51. The molecular formula is C7H3BrF4. The van der Waals surface area contributed by atoms with Crippen LogP contribution in [0.25, 0.3) is 0 Å². The zero-order valence-electron chi connectivity index (χ0n) is 5.89. The van der Waals surface area contributed by atoms with Gasteiger partial charge in [0.25, 0.3) is 0 Å². The Morgan fingerprint density at radius 1 is 0.833 bits per heavy atom. The van der Waals surface area contributed by atoms with Crippen molar-refractivity contribution in [3.8, 4) is 0 Å². The number of hydrogen-bond acceptors (Lipinski definition) is 0. The standard InChI is InChI=1S/C7H3BrF4/c1-2-4(9)3(8)6(11)7(12)5(2)10/h1H3. The molecule has 0 aliphatic rings. The molecule has 0 heterocycles. The smallest absolute Gasteiger partial charge is 0.196 e. The van der Waals surface area contributed by atoms with Crippen molar-refractivity contribution in [1.82, 2.24) is 0 Å². The number of hydrogen-bond donors (Lipinski definition) is 0. The van der Waals surface area contributed by atoms with E-state index in [1.165, 1.54) is 0 Å².